The van der Waals surface area contributed by atoms with Gasteiger partial charge in [-0.1, -0.05) is 48.0 Å². The SMILES string of the molecule is N=C(c1ccc(CN2CCN(S(=O)(=O)C3=CC4C=C(Cl)C=CC4N3)CC2=O)cc1)N1CCC(=O)CC1. The highest BCUT2D eigenvalue weighted by molar-refractivity contribution is 7.93. The fourth-order valence-corrected chi connectivity index (χ4v) is 6.57. The molecule has 1 aliphatic carbocycles. The number of sulfonamides is 1. The molecule has 3 heterocycles. The minimum absolute atomic E-state index is 0.113. The number of ketones is 1. The maximum Gasteiger partial charge on any atom is 0.258 e. The van der Waals surface area contributed by atoms with Crippen LogP contribution in [0.15, 0.2) is 58.6 Å². The van der Waals surface area contributed by atoms with E-state index in [9.17, 15) is 18.0 Å². The largest absolute Gasteiger partial charge is 0.368 e. The van der Waals surface area contributed by atoms with Crippen LogP contribution in [0.5, 0.6) is 0 Å². The van der Waals surface area contributed by atoms with Crippen molar-refractivity contribution in [3.05, 3.63) is 69.8 Å². The number of amidine groups is 1. The summed E-state index contributed by atoms with van der Waals surface area (Å²) in [4.78, 5) is 27.9. The Labute approximate surface area is 215 Å². The molecule has 2 atom stereocenters. The van der Waals surface area contributed by atoms with Crippen LogP contribution < -0.4 is 5.32 Å². The van der Waals surface area contributed by atoms with Gasteiger partial charge in [0.05, 0.1) is 12.6 Å². The van der Waals surface area contributed by atoms with Crippen LogP contribution in [-0.2, 0) is 26.2 Å². The number of allylic oxidation sites excluding steroid dienone is 2. The van der Waals surface area contributed by atoms with Crippen molar-refractivity contribution in [3.63, 3.8) is 0 Å². The predicted molar refractivity (Wildman–Crippen MR) is 137 cm³/mol. The van der Waals surface area contributed by atoms with Crippen LogP contribution in [-0.4, -0.2) is 78.8 Å². The van der Waals surface area contributed by atoms with Crippen LogP contribution in [0.1, 0.15) is 24.0 Å². The molecule has 1 aromatic carbocycles. The summed E-state index contributed by atoms with van der Waals surface area (Å²) < 4.78 is 27.6. The number of hydrogen-bond donors (Lipinski definition) is 2. The molecule has 0 bridgehead atoms. The van der Waals surface area contributed by atoms with Gasteiger partial charge in [-0.15, -0.1) is 0 Å². The molecule has 0 spiro atoms. The normalized spacial score (nSPS) is 24.8. The fraction of sp³-hybridized carbons (Fsp3) is 0.400. The van der Waals surface area contributed by atoms with E-state index in [1.807, 2.05) is 41.3 Å². The van der Waals surface area contributed by atoms with Crippen molar-refractivity contribution in [3.8, 4) is 0 Å². The Bertz CT molecular complexity index is 1280. The van der Waals surface area contributed by atoms with Crippen molar-refractivity contribution in [1.82, 2.24) is 19.4 Å². The first kappa shape index (κ1) is 24.7. The lowest BCUT2D eigenvalue weighted by Crippen LogP contribution is -2.52. The third-order valence-electron chi connectivity index (χ3n) is 7.02. The lowest BCUT2D eigenvalue weighted by molar-refractivity contribution is -0.134. The van der Waals surface area contributed by atoms with Gasteiger partial charge in [0.25, 0.3) is 10.0 Å². The Balaban J connectivity index is 1.18. The second-order valence-corrected chi connectivity index (χ2v) is 11.8. The maximum atomic E-state index is 13.2. The summed E-state index contributed by atoms with van der Waals surface area (Å²) in [6, 6.07) is 7.32. The zero-order chi connectivity index (χ0) is 25.4. The summed E-state index contributed by atoms with van der Waals surface area (Å²) in [7, 11) is -3.82. The second-order valence-electron chi connectivity index (χ2n) is 9.41. The average Bonchev–Trinajstić information content (AvgIpc) is 3.30. The molecule has 36 heavy (non-hydrogen) atoms. The van der Waals surface area contributed by atoms with Gasteiger partial charge < -0.3 is 15.1 Å². The van der Waals surface area contributed by atoms with Gasteiger partial charge in [0.15, 0.2) is 0 Å². The third kappa shape index (κ3) is 4.98. The molecular weight excluding hydrogens is 502 g/mol. The fourth-order valence-electron chi connectivity index (χ4n) is 4.86. The minimum Gasteiger partial charge on any atom is -0.368 e. The first-order valence-corrected chi connectivity index (χ1v) is 13.8. The van der Waals surface area contributed by atoms with E-state index in [0.29, 0.717) is 49.9 Å². The van der Waals surface area contributed by atoms with Gasteiger partial charge in [-0.05, 0) is 17.7 Å². The summed E-state index contributed by atoms with van der Waals surface area (Å²) in [5, 5.41) is 12.1. The minimum atomic E-state index is -3.82. The molecule has 190 valence electrons. The van der Waals surface area contributed by atoms with Gasteiger partial charge in [0, 0.05) is 62.1 Å². The van der Waals surface area contributed by atoms with Gasteiger partial charge in [0.1, 0.15) is 16.6 Å². The van der Waals surface area contributed by atoms with E-state index in [-0.39, 0.29) is 41.8 Å². The molecule has 0 radical (unpaired) electrons. The standard InChI is InChI=1S/C25H28ClN5O4S/c26-20-5-6-22-19(13-20)14-23(28-22)36(34,35)31-12-11-30(24(33)16-31)15-17-1-3-18(4-2-17)25(27)29-9-7-21(32)8-10-29/h1-6,13-14,19,22,27-28H,7-12,15-16H2. The molecule has 2 fully saturated rings. The van der Waals surface area contributed by atoms with Crippen LogP contribution >= 0.6 is 11.6 Å². The number of carbonyl (C=O) groups excluding carboxylic acids is 2. The topological polar surface area (TPSA) is 114 Å². The molecule has 2 unspecified atom stereocenters. The number of hydrogen-bond acceptors (Lipinski definition) is 6. The molecule has 1 aromatic rings. The second kappa shape index (κ2) is 9.84. The van der Waals surface area contributed by atoms with Gasteiger partial charge in [0.2, 0.25) is 5.91 Å². The van der Waals surface area contributed by atoms with Crippen molar-refractivity contribution in [2.75, 3.05) is 32.7 Å². The van der Waals surface area contributed by atoms with Crippen molar-refractivity contribution < 1.29 is 18.0 Å². The Hall–Kier alpha value is -2.95. The van der Waals surface area contributed by atoms with Gasteiger partial charge in [-0.2, -0.15) is 4.31 Å². The highest BCUT2D eigenvalue weighted by atomic mass is 35.5. The highest BCUT2D eigenvalue weighted by Gasteiger charge is 2.38. The number of halogens is 1. The van der Waals surface area contributed by atoms with Crippen LogP contribution in [0.2, 0.25) is 0 Å². The van der Waals surface area contributed by atoms with E-state index in [1.54, 1.807) is 17.1 Å². The Morgan fingerprint density at radius 2 is 1.78 bits per heavy atom. The van der Waals surface area contributed by atoms with Crippen LogP contribution in [0.3, 0.4) is 0 Å². The van der Waals surface area contributed by atoms with E-state index >= 15 is 0 Å². The quantitative estimate of drug-likeness (QED) is 0.444. The Morgan fingerprint density at radius 1 is 1.06 bits per heavy atom. The molecule has 0 aromatic heterocycles. The highest BCUT2D eigenvalue weighted by Crippen LogP contribution is 2.30. The number of carbonyl (C=O) groups is 2. The molecule has 0 saturated carbocycles. The first-order valence-electron chi connectivity index (χ1n) is 12.0. The van der Waals surface area contributed by atoms with Crippen molar-refractivity contribution >= 4 is 39.2 Å². The van der Waals surface area contributed by atoms with E-state index in [0.717, 1.165) is 11.1 Å². The molecule has 9 nitrogen and oxygen atoms in total. The van der Waals surface area contributed by atoms with Gasteiger partial charge >= 0.3 is 0 Å². The van der Waals surface area contributed by atoms with E-state index in [2.05, 4.69) is 5.32 Å². The summed E-state index contributed by atoms with van der Waals surface area (Å²) in [5.74, 6) is 0.247. The molecule has 5 rings (SSSR count). The molecule has 4 aliphatic rings. The smallest absolute Gasteiger partial charge is 0.258 e. The van der Waals surface area contributed by atoms with Gasteiger partial charge in [-0.25, -0.2) is 8.42 Å². The maximum absolute atomic E-state index is 13.2. The molecule has 1 amide bonds. The Kier molecular flexibility index (Phi) is 6.76. The number of nitrogens with one attached hydrogen (secondary N) is 2. The van der Waals surface area contributed by atoms with E-state index in [1.165, 1.54) is 4.31 Å². The van der Waals surface area contributed by atoms with Crippen LogP contribution in [0, 0.1) is 11.3 Å². The molecular formula is C25H28ClN5O4S. The Morgan fingerprint density at radius 3 is 2.47 bits per heavy atom. The number of rotatable bonds is 5. The number of fused-ring (bicyclic) bond motifs is 1. The summed E-state index contributed by atoms with van der Waals surface area (Å²) >= 11 is 6.04. The monoisotopic (exact) mass is 529 g/mol. The van der Waals surface area contributed by atoms with E-state index in [4.69, 9.17) is 17.0 Å². The van der Waals surface area contributed by atoms with Crippen molar-refractivity contribution in [2.24, 2.45) is 5.92 Å². The number of piperidine rings is 1. The predicted octanol–water partition coefficient (Wildman–Crippen LogP) is 1.77. The lowest BCUT2D eigenvalue weighted by atomic mass is 9.98. The molecule has 3 aliphatic heterocycles. The van der Waals surface area contributed by atoms with Crippen molar-refractivity contribution in [2.45, 2.75) is 25.4 Å². The zero-order valence-electron chi connectivity index (χ0n) is 19.7. The molecule has 11 heteroatoms. The number of nitrogens with zero attached hydrogens (tertiary/aromatic N) is 3. The molecule has 2 saturated heterocycles. The number of amides is 1. The number of benzene rings is 1. The number of piperazine rings is 1. The number of likely N-dealkylation sites (tertiary alicyclic amines) is 1. The molecule has 2 N–H and O–H groups in total. The average molecular weight is 530 g/mol. The zero-order valence-corrected chi connectivity index (χ0v) is 21.3. The van der Waals surface area contributed by atoms with Gasteiger partial charge in [-0.3, -0.25) is 15.0 Å². The summed E-state index contributed by atoms with van der Waals surface area (Å²) in [6.45, 7) is 1.80. The van der Waals surface area contributed by atoms with Crippen LogP contribution in [0.4, 0.5) is 0 Å². The van der Waals surface area contributed by atoms with Crippen LogP contribution in [0.25, 0.3) is 0 Å². The lowest BCUT2D eigenvalue weighted by Gasteiger charge is -2.34. The summed E-state index contributed by atoms with van der Waals surface area (Å²) in [5.41, 5.74) is 1.67. The first-order chi connectivity index (χ1) is 17.2. The number of Topliss-reactive ketones (excluding diaryl/α,β-unsaturated/α-hetero) is 1. The van der Waals surface area contributed by atoms with E-state index < -0.39 is 10.0 Å². The summed E-state index contributed by atoms with van der Waals surface area (Å²) in [6.07, 6.45) is 8.00. The third-order valence-corrected chi connectivity index (χ3v) is 9.07. The van der Waals surface area contributed by atoms with Crippen molar-refractivity contribution in [1.29, 1.82) is 5.41 Å².